The summed E-state index contributed by atoms with van der Waals surface area (Å²) < 4.78 is 22.8. The van der Waals surface area contributed by atoms with Crippen LogP contribution in [0.25, 0.3) is 0 Å². The first-order valence-corrected chi connectivity index (χ1v) is 10.6. The molecule has 30 heavy (non-hydrogen) atoms. The SMILES string of the molecule is COc1cc(C(=O)N2CCCC2c2ccc3c(c2)OCCCO3)ccc1OC(C)C. The maximum Gasteiger partial charge on any atom is 0.254 e. The van der Waals surface area contributed by atoms with Crippen molar-refractivity contribution in [3.63, 3.8) is 0 Å². The van der Waals surface area contributed by atoms with Crippen molar-refractivity contribution in [2.75, 3.05) is 26.9 Å². The number of fused-ring (bicyclic) bond motifs is 1. The zero-order valence-electron chi connectivity index (χ0n) is 17.8. The second-order valence-corrected chi connectivity index (χ2v) is 7.95. The van der Waals surface area contributed by atoms with E-state index in [-0.39, 0.29) is 18.1 Å². The van der Waals surface area contributed by atoms with Gasteiger partial charge in [-0.25, -0.2) is 0 Å². The number of hydrogen-bond acceptors (Lipinski definition) is 5. The lowest BCUT2D eigenvalue weighted by Crippen LogP contribution is -2.30. The van der Waals surface area contributed by atoms with E-state index in [0.29, 0.717) is 30.3 Å². The Morgan fingerprint density at radius 1 is 1.03 bits per heavy atom. The molecule has 1 amide bonds. The second kappa shape index (κ2) is 8.86. The summed E-state index contributed by atoms with van der Waals surface area (Å²) in [7, 11) is 1.59. The number of amides is 1. The molecule has 1 atom stereocenters. The van der Waals surface area contributed by atoms with Crippen molar-refractivity contribution < 1.29 is 23.7 Å². The Kier molecular flexibility index (Phi) is 6.02. The predicted molar refractivity (Wildman–Crippen MR) is 114 cm³/mol. The van der Waals surface area contributed by atoms with Crippen LogP contribution in [0.1, 0.15) is 55.1 Å². The van der Waals surface area contributed by atoms with Crippen LogP contribution >= 0.6 is 0 Å². The fourth-order valence-electron chi connectivity index (χ4n) is 4.06. The molecular weight excluding hydrogens is 382 g/mol. The van der Waals surface area contributed by atoms with Crippen molar-refractivity contribution in [2.24, 2.45) is 0 Å². The van der Waals surface area contributed by atoms with Gasteiger partial charge in [-0.05, 0) is 62.6 Å². The highest BCUT2D eigenvalue weighted by Gasteiger charge is 2.32. The molecule has 0 saturated carbocycles. The first-order chi connectivity index (χ1) is 14.6. The minimum atomic E-state index is -0.000918. The topological polar surface area (TPSA) is 57.2 Å². The Bertz CT molecular complexity index is 910. The molecule has 1 fully saturated rings. The molecule has 0 radical (unpaired) electrons. The Morgan fingerprint density at radius 3 is 2.60 bits per heavy atom. The molecule has 2 aromatic rings. The van der Waals surface area contributed by atoms with Crippen LogP contribution in [0.15, 0.2) is 36.4 Å². The van der Waals surface area contributed by atoms with Crippen molar-refractivity contribution >= 4 is 5.91 Å². The lowest BCUT2D eigenvalue weighted by Gasteiger charge is -2.26. The van der Waals surface area contributed by atoms with Crippen LogP contribution in [0.3, 0.4) is 0 Å². The molecule has 0 aromatic heterocycles. The van der Waals surface area contributed by atoms with E-state index >= 15 is 0 Å². The Hall–Kier alpha value is -2.89. The number of carbonyl (C=O) groups is 1. The van der Waals surface area contributed by atoms with E-state index in [1.54, 1.807) is 13.2 Å². The number of rotatable bonds is 5. The van der Waals surface area contributed by atoms with Crippen LogP contribution in [0.4, 0.5) is 0 Å². The van der Waals surface area contributed by atoms with Gasteiger partial charge < -0.3 is 23.8 Å². The highest BCUT2D eigenvalue weighted by atomic mass is 16.5. The van der Waals surface area contributed by atoms with Gasteiger partial charge in [0.1, 0.15) is 0 Å². The highest BCUT2D eigenvalue weighted by molar-refractivity contribution is 5.95. The predicted octanol–water partition coefficient (Wildman–Crippen LogP) is 4.62. The third-order valence-electron chi connectivity index (χ3n) is 5.44. The Labute approximate surface area is 177 Å². The largest absolute Gasteiger partial charge is 0.493 e. The molecule has 2 aliphatic heterocycles. The van der Waals surface area contributed by atoms with Crippen LogP contribution in [-0.2, 0) is 0 Å². The maximum atomic E-state index is 13.3. The lowest BCUT2D eigenvalue weighted by molar-refractivity contribution is 0.0735. The van der Waals surface area contributed by atoms with Gasteiger partial charge >= 0.3 is 0 Å². The van der Waals surface area contributed by atoms with Gasteiger partial charge in [-0.2, -0.15) is 0 Å². The molecule has 2 aliphatic rings. The van der Waals surface area contributed by atoms with E-state index in [1.807, 2.05) is 49.1 Å². The van der Waals surface area contributed by atoms with Crippen LogP contribution in [0.5, 0.6) is 23.0 Å². The summed E-state index contributed by atoms with van der Waals surface area (Å²) in [4.78, 5) is 15.3. The smallest absolute Gasteiger partial charge is 0.254 e. The van der Waals surface area contributed by atoms with Crippen molar-refractivity contribution in [2.45, 2.75) is 45.3 Å². The van der Waals surface area contributed by atoms with Crippen LogP contribution in [-0.4, -0.2) is 43.8 Å². The average Bonchev–Trinajstić information content (AvgIpc) is 3.11. The van der Waals surface area contributed by atoms with Crippen molar-refractivity contribution in [1.29, 1.82) is 0 Å². The van der Waals surface area contributed by atoms with Gasteiger partial charge in [-0.3, -0.25) is 4.79 Å². The molecule has 0 spiro atoms. The molecule has 2 aromatic carbocycles. The number of carbonyl (C=O) groups excluding carboxylic acids is 1. The van der Waals surface area contributed by atoms with Crippen molar-refractivity contribution in [1.82, 2.24) is 4.90 Å². The average molecular weight is 411 g/mol. The zero-order valence-corrected chi connectivity index (χ0v) is 17.8. The van der Waals surface area contributed by atoms with E-state index in [4.69, 9.17) is 18.9 Å². The maximum absolute atomic E-state index is 13.3. The van der Waals surface area contributed by atoms with Gasteiger partial charge in [0.05, 0.1) is 32.5 Å². The molecule has 2 heterocycles. The van der Waals surface area contributed by atoms with Crippen molar-refractivity contribution in [3.8, 4) is 23.0 Å². The molecule has 1 unspecified atom stereocenters. The summed E-state index contributed by atoms with van der Waals surface area (Å²) in [6, 6.07) is 11.4. The Morgan fingerprint density at radius 2 is 1.83 bits per heavy atom. The molecule has 4 rings (SSSR count). The van der Waals surface area contributed by atoms with Gasteiger partial charge in [0.2, 0.25) is 0 Å². The first kappa shape index (κ1) is 20.4. The number of hydrogen-bond donors (Lipinski definition) is 0. The van der Waals surface area contributed by atoms with Crippen LogP contribution < -0.4 is 18.9 Å². The van der Waals surface area contributed by atoms with Gasteiger partial charge in [-0.15, -0.1) is 0 Å². The number of benzene rings is 2. The monoisotopic (exact) mass is 411 g/mol. The lowest BCUT2D eigenvalue weighted by atomic mass is 10.0. The Balaban J connectivity index is 1.58. The fourth-order valence-corrected chi connectivity index (χ4v) is 4.06. The summed E-state index contributed by atoms with van der Waals surface area (Å²) in [5, 5.41) is 0. The minimum Gasteiger partial charge on any atom is -0.493 e. The summed E-state index contributed by atoms with van der Waals surface area (Å²) in [6.07, 6.45) is 2.80. The molecule has 0 bridgehead atoms. The molecular formula is C24H29NO5. The molecule has 1 saturated heterocycles. The van der Waals surface area contributed by atoms with Gasteiger partial charge in [-0.1, -0.05) is 6.07 Å². The summed E-state index contributed by atoms with van der Waals surface area (Å²) in [6.45, 7) is 5.96. The van der Waals surface area contributed by atoms with E-state index in [2.05, 4.69) is 0 Å². The van der Waals surface area contributed by atoms with Gasteiger partial charge in [0, 0.05) is 18.5 Å². The number of likely N-dealkylation sites (tertiary alicyclic amines) is 1. The molecule has 0 aliphatic carbocycles. The quantitative estimate of drug-likeness (QED) is 0.719. The van der Waals surface area contributed by atoms with Crippen LogP contribution in [0.2, 0.25) is 0 Å². The van der Waals surface area contributed by atoms with E-state index in [0.717, 1.165) is 42.9 Å². The van der Waals surface area contributed by atoms with Gasteiger partial charge in [0.15, 0.2) is 23.0 Å². The molecule has 6 heteroatoms. The number of nitrogens with zero attached hydrogens (tertiary/aromatic N) is 1. The van der Waals surface area contributed by atoms with E-state index in [1.165, 1.54) is 0 Å². The minimum absolute atomic E-state index is 0.000918. The summed E-state index contributed by atoms with van der Waals surface area (Å²) in [5.74, 6) is 2.75. The standard InChI is InChI=1S/C24H29NO5/c1-16(2)30-21-10-8-18(15-22(21)27-3)24(26)25-11-4-6-19(25)17-7-9-20-23(14-17)29-13-5-12-28-20/h7-10,14-16,19H,4-6,11-13H2,1-3H3. The molecule has 160 valence electrons. The zero-order chi connectivity index (χ0) is 21.1. The van der Waals surface area contributed by atoms with Crippen LogP contribution in [0, 0.1) is 0 Å². The van der Waals surface area contributed by atoms with E-state index < -0.39 is 0 Å². The number of methoxy groups -OCH3 is 1. The summed E-state index contributed by atoms with van der Waals surface area (Å²) >= 11 is 0. The first-order valence-electron chi connectivity index (χ1n) is 10.6. The summed E-state index contributed by atoms with van der Waals surface area (Å²) in [5.41, 5.74) is 1.68. The third kappa shape index (κ3) is 4.18. The molecule has 6 nitrogen and oxygen atoms in total. The fraction of sp³-hybridized carbons (Fsp3) is 0.458. The number of ether oxygens (including phenoxy) is 4. The van der Waals surface area contributed by atoms with E-state index in [9.17, 15) is 4.79 Å². The molecule has 0 N–H and O–H groups in total. The van der Waals surface area contributed by atoms with Gasteiger partial charge in [0.25, 0.3) is 5.91 Å². The third-order valence-corrected chi connectivity index (χ3v) is 5.44. The van der Waals surface area contributed by atoms with Crippen molar-refractivity contribution in [3.05, 3.63) is 47.5 Å². The second-order valence-electron chi connectivity index (χ2n) is 7.95. The normalized spacial score (nSPS) is 18.3. The highest BCUT2D eigenvalue weighted by Crippen LogP contribution is 2.39.